The Hall–Kier alpha value is -3.91. The van der Waals surface area contributed by atoms with Gasteiger partial charge in [0.15, 0.2) is 5.96 Å². The number of guanidine groups is 1. The lowest BCUT2D eigenvalue weighted by Crippen LogP contribution is -2.49. The van der Waals surface area contributed by atoms with E-state index in [1.54, 1.807) is 0 Å². The van der Waals surface area contributed by atoms with Crippen molar-refractivity contribution in [3.63, 3.8) is 0 Å². The Labute approximate surface area is 189 Å². The number of hydrogen-bond donors (Lipinski definition) is 8. The van der Waals surface area contributed by atoms with E-state index in [0.717, 1.165) is 0 Å². The zero-order valence-corrected chi connectivity index (χ0v) is 17.8. The topological polar surface area (TPSA) is 224 Å². The summed E-state index contributed by atoms with van der Waals surface area (Å²) in [5.41, 5.74) is 11.0. The molecule has 14 nitrogen and oxygen atoms in total. The molecule has 0 saturated carbocycles. The molecule has 33 heavy (non-hydrogen) atoms. The quantitative estimate of drug-likeness (QED) is 0.0794. The van der Waals surface area contributed by atoms with Crippen LogP contribution in [0.3, 0.4) is 0 Å². The van der Waals surface area contributed by atoms with Crippen molar-refractivity contribution in [3.05, 3.63) is 24.3 Å². The number of aliphatic imine (C=N–C) groups is 1. The van der Waals surface area contributed by atoms with Crippen LogP contribution in [0.4, 0.5) is 11.4 Å². The second kappa shape index (κ2) is 12.2. The number of carbonyl (C=O) groups is 4. The molecule has 180 valence electrons. The Morgan fingerprint density at radius 3 is 2.48 bits per heavy atom. The van der Waals surface area contributed by atoms with Crippen molar-refractivity contribution in [1.29, 1.82) is 0 Å². The Kier molecular flexibility index (Phi) is 9.38. The number of carbonyl (C=O) groups excluding carboxylic acids is 4. The first kappa shape index (κ1) is 25.4. The monoisotopic (exact) mass is 464 g/mol. The maximum Gasteiger partial charge on any atom is 0.246 e. The van der Waals surface area contributed by atoms with Gasteiger partial charge < -0.3 is 32.7 Å². The molecule has 0 aromatic heterocycles. The zero-order chi connectivity index (χ0) is 24.4. The van der Waals surface area contributed by atoms with E-state index in [2.05, 4.69) is 26.3 Å². The summed E-state index contributed by atoms with van der Waals surface area (Å²) in [7, 11) is 0. The first-order chi connectivity index (χ1) is 15.7. The summed E-state index contributed by atoms with van der Waals surface area (Å²) in [5, 5.41) is 28.0. The van der Waals surface area contributed by atoms with Crippen molar-refractivity contribution in [3.8, 4) is 0 Å². The van der Waals surface area contributed by atoms with Gasteiger partial charge in [0.1, 0.15) is 12.1 Å². The average molecular weight is 464 g/mol. The van der Waals surface area contributed by atoms with E-state index in [4.69, 9.17) is 21.9 Å². The molecule has 0 radical (unpaired) electrons. The third-order valence-corrected chi connectivity index (χ3v) is 4.70. The summed E-state index contributed by atoms with van der Waals surface area (Å²) < 4.78 is 0. The maximum atomic E-state index is 12.7. The van der Waals surface area contributed by atoms with Gasteiger partial charge in [-0.25, -0.2) is 0 Å². The molecule has 14 heteroatoms. The highest BCUT2D eigenvalue weighted by atomic mass is 16.8. The molecular weight excluding hydrogens is 436 g/mol. The molecule has 1 aliphatic rings. The SMILES string of the molecule is NC(N)=NCCC[C@H](NC(=O)CNC(=O)[C@H]1CCC(=O)N1)C(=O)Nc1ccc(N(O)O)cc1. The molecule has 0 unspecified atom stereocenters. The molecule has 1 aromatic carbocycles. The number of nitrogens with two attached hydrogens (primary N) is 2. The smallest absolute Gasteiger partial charge is 0.246 e. The van der Waals surface area contributed by atoms with Gasteiger partial charge in [-0.2, -0.15) is 0 Å². The van der Waals surface area contributed by atoms with Crippen LogP contribution in [0.5, 0.6) is 0 Å². The highest BCUT2D eigenvalue weighted by molar-refractivity contribution is 5.98. The van der Waals surface area contributed by atoms with Crippen LogP contribution in [0.2, 0.25) is 0 Å². The Bertz CT molecular complexity index is 885. The molecular formula is C19H28N8O6. The fourth-order valence-corrected chi connectivity index (χ4v) is 3.03. The number of hydrogen-bond acceptors (Lipinski definition) is 8. The van der Waals surface area contributed by atoms with E-state index in [0.29, 0.717) is 18.5 Å². The number of nitrogens with one attached hydrogen (secondary N) is 4. The molecule has 0 aliphatic carbocycles. The lowest BCUT2D eigenvalue weighted by molar-refractivity contribution is -0.129. The minimum atomic E-state index is -0.957. The van der Waals surface area contributed by atoms with E-state index in [1.807, 2.05) is 0 Å². The van der Waals surface area contributed by atoms with Gasteiger partial charge in [-0.1, -0.05) is 0 Å². The normalized spacial score (nSPS) is 15.7. The Balaban J connectivity index is 1.94. The largest absolute Gasteiger partial charge is 0.370 e. The lowest BCUT2D eigenvalue weighted by Gasteiger charge is -2.19. The second-order valence-electron chi connectivity index (χ2n) is 7.27. The fourth-order valence-electron chi connectivity index (χ4n) is 3.03. The standard InChI is InChI=1S/C19H28N8O6/c20-19(21)22-9-1-2-13(18(31)24-11-3-5-12(6-4-11)27(32)33)26-16(29)10-23-17(30)14-7-8-15(28)25-14/h3-6,13-14,32-33H,1-2,7-10H2,(H,23,30)(H,24,31)(H,25,28)(H,26,29)(H4,20,21,22)/t13-,14+/m0/s1. The number of anilines is 2. The van der Waals surface area contributed by atoms with E-state index >= 15 is 0 Å². The predicted molar refractivity (Wildman–Crippen MR) is 117 cm³/mol. The van der Waals surface area contributed by atoms with Crippen LogP contribution in [0.25, 0.3) is 0 Å². The van der Waals surface area contributed by atoms with Gasteiger partial charge in [-0.3, -0.25) is 34.6 Å². The van der Waals surface area contributed by atoms with Gasteiger partial charge in [0.25, 0.3) is 0 Å². The van der Waals surface area contributed by atoms with Gasteiger partial charge in [0.2, 0.25) is 23.6 Å². The summed E-state index contributed by atoms with van der Waals surface area (Å²) in [6, 6.07) is 3.98. The van der Waals surface area contributed by atoms with E-state index in [1.165, 1.54) is 24.3 Å². The van der Waals surface area contributed by atoms with Crippen molar-refractivity contribution in [2.45, 2.75) is 37.8 Å². The van der Waals surface area contributed by atoms with Crippen LogP contribution < -0.4 is 38.0 Å². The zero-order valence-electron chi connectivity index (χ0n) is 17.8. The minimum Gasteiger partial charge on any atom is -0.370 e. The van der Waals surface area contributed by atoms with Gasteiger partial charge in [0.05, 0.1) is 12.2 Å². The second-order valence-corrected chi connectivity index (χ2v) is 7.27. The van der Waals surface area contributed by atoms with Crippen LogP contribution >= 0.6 is 0 Å². The van der Waals surface area contributed by atoms with Crippen molar-refractivity contribution in [2.75, 3.05) is 23.6 Å². The molecule has 1 heterocycles. The molecule has 10 N–H and O–H groups in total. The van der Waals surface area contributed by atoms with E-state index in [-0.39, 0.29) is 48.7 Å². The summed E-state index contributed by atoms with van der Waals surface area (Å²) in [6.45, 7) is -0.127. The van der Waals surface area contributed by atoms with Crippen LogP contribution in [0.15, 0.2) is 29.3 Å². The van der Waals surface area contributed by atoms with Crippen LogP contribution in [0.1, 0.15) is 25.7 Å². The van der Waals surface area contributed by atoms with Crippen LogP contribution in [0, 0.1) is 0 Å². The highest BCUT2D eigenvalue weighted by Crippen LogP contribution is 2.16. The average Bonchev–Trinajstić information content (AvgIpc) is 3.20. The number of benzene rings is 1. The molecule has 4 amide bonds. The summed E-state index contributed by atoms with van der Waals surface area (Å²) in [6.07, 6.45) is 1.20. The van der Waals surface area contributed by atoms with Gasteiger partial charge in [0, 0.05) is 18.7 Å². The molecule has 1 aromatic rings. The molecule has 1 aliphatic heterocycles. The Morgan fingerprint density at radius 1 is 1.21 bits per heavy atom. The molecule has 2 rings (SSSR count). The van der Waals surface area contributed by atoms with E-state index in [9.17, 15) is 19.2 Å². The predicted octanol–water partition coefficient (Wildman–Crippen LogP) is -1.86. The van der Waals surface area contributed by atoms with Crippen molar-refractivity contribution in [2.24, 2.45) is 16.5 Å². The van der Waals surface area contributed by atoms with Gasteiger partial charge in [-0.15, -0.1) is 5.23 Å². The summed E-state index contributed by atoms with van der Waals surface area (Å²) in [4.78, 5) is 52.2. The number of amides is 4. The first-order valence-corrected chi connectivity index (χ1v) is 10.2. The van der Waals surface area contributed by atoms with Crippen molar-refractivity contribution in [1.82, 2.24) is 16.0 Å². The number of nitrogens with zero attached hydrogens (tertiary/aromatic N) is 2. The van der Waals surface area contributed by atoms with Crippen molar-refractivity contribution < 1.29 is 29.6 Å². The van der Waals surface area contributed by atoms with Gasteiger partial charge >= 0.3 is 0 Å². The van der Waals surface area contributed by atoms with Crippen LogP contribution in [-0.4, -0.2) is 65.2 Å². The van der Waals surface area contributed by atoms with Crippen LogP contribution in [-0.2, 0) is 19.2 Å². The molecule has 2 atom stereocenters. The lowest BCUT2D eigenvalue weighted by atomic mass is 10.1. The van der Waals surface area contributed by atoms with E-state index < -0.39 is 29.8 Å². The fraction of sp³-hybridized carbons (Fsp3) is 0.421. The summed E-state index contributed by atoms with van der Waals surface area (Å²) >= 11 is 0. The third kappa shape index (κ3) is 8.62. The first-order valence-electron chi connectivity index (χ1n) is 10.2. The minimum absolute atomic E-state index is 0.0659. The maximum absolute atomic E-state index is 12.7. The molecule has 1 saturated heterocycles. The number of rotatable bonds is 11. The highest BCUT2D eigenvalue weighted by Gasteiger charge is 2.27. The third-order valence-electron chi connectivity index (χ3n) is 4.70. The molecule has 0 bridgehead atoms. The molecule has 0 spiro atoms. The Morgan fingerprint density at radius 2 is 1.91 bits per heavy atom. The summed E-state index contributed by atoms with van der Waals surface area (Å²) in [5.74, 6) is -1.92. The molecule has 1 fully saturated rings. The van der Waals surface area contributed by atoms with Crippen molar-refractivity contribution >= 4 is 41.0 Å². The van der Waals surface area contributed by atoms with Gasteiger partial charge in [-0.05, 0) is 43.5 Å².